The fraction of sp³-hybridized carbons (Fsp3) is 0.692. The van der Waals surface area contributed by atoms with Gasteiger partial charge in [-0.1, -0.05) is 0 Å². The fourth-order valence-electron chi connectivity index (χ4n) is 2.32. The number of carbonyl (C=O) groups is 1. The maximum absolute atomic E-state index is 12.1. The normalized spacial score (nSPS) is 18.5. The number of methoxy groups -OCH3 is 1. The van der Waals surface area contributed by atoms with Crippen LogP contribution in [0.1, 0.15) is 31.5 Å². The van der Waals surface area contributed by atoms with Crippen LogP contribution in [0.2, 0.25) is 0 Å². The van der Waals surface area contributed by atoms with Gasteiger partial charge in [0, 0.05) is 44.0 Å². The van der Waals surface area contributed by atoms with Crippen molar-refractivity contribution in [3.05, 3.63) is 18.0 Å². The van der Waals surface area contributed by atoms with Crippen molar-refractivity contribution in [1.82, 2.24) is 20.0 Å². The number of ether oxygens (including phenoxy) is 1. The number of carbonyl (C=O) groups excluding carboxylic acids is 1. The van der Waals surface area contributed by atoms with Crippen LogP contribution in [-0.4, -0.2) is 53.9 Å². The van der Waals surface area contributed by atoms with Crippen molar-refractivity contribution in [2.75, 3.05) is 33.3 Å². The Kier molecular flexibility index (Phi) is 4.55. The molecule has 106 valence electrons. The van der Waals surface area contributed by atoms with E-state index in [1.165, 1.54) is 7.11 Å². The minimum absolute atomic E-state index is 0.217. The van der Waals surface area contributed by atoms with E-state index in [2.05, 4.69) is 29.2 Å². The average molecular weight is 266 g/mol. The lowest BCUT2D eigenvalue weighted by Gasteiger charge is -2.32. The predicted molar refractivity (Wildman–Crippen MR) is 71.8 cm³/mol. The number of rotatable bonds is 4. The maximum atomic E-state index is 12.1. The molecule has 1 N–H and O–H groups in total. The Hall–Kier alpha value is -1.40. The van der Waals surface area contributed by atoms with Gasteiger partial charge in [0.25, 0.3) is 0 Å². The molecule has 1 saturated heterocycles. The maximum Gasteiger partial charge on any atom is 0.327 e. The van der Waals surface area contributed by atoms with Crippen molar-refractivity contribution in [2.24, 2.45) is 0 Å². The molecule has 0 aliphatic carbocycles. The first-order valence-electron chi connectivity index (χ1n) is 6.70. The predicted octanol–water partition coefficient (Wildman–Crippen LogP) is 0.583. The van der Waals surface area contributed by atoms with Crippen molar-refractivity contribution in [3.8, 4) is 0 Å². The zero-order valence-electron chi connectivity index (χ0n) is 11.8. The lowest BCUT2D eigenvalue weighted by Crippen LogP contribution is -2.47. The van der Waals surface area contributed by atoms with Gasteiger partial charge in [0.05, 0.1) is 13.3 Å². The summed E-state index contributed by atoms with van der Waals surface area (Å²) in [4.78, 5) is 14.2. The summed E-state index contributed by atoms with van der Waals surface area (Å²) in [6, 6.07) is -0.0605. The standard InChI is InChI=1S/C13H22N4O2/c1-10(2)17-9-11(8-15-17)12(13(18)19-3)16-6-4-14-5-7-16/h8-10,12,14H,4-7H2,1-3H3. The van der Waals surface area contributed by atoms with Crippen LogP contribution in [0.4, 0.5) is 0 Å². The van der Waals surface area contributed by atoms with Gasteiger partial charge in [-0.2, -0.15) is 5.10 Å². The third kappa shape index (κ3) is 3.13. The van der Waals surface area contributed by atoms with E-state index in [4.69, 9.17) is 4.74 Å². The van der Waals surface area contributed by atoms with Crippen LogP contribution in [0.3, 0.4) is 0 Å². The molecule has 0 aromatic carbocycles. The lowest BCUT2D eigenvalue weighted by atomic mass is 10.1. The summed E-state index contributed by atoms with van der Waals surface area (Å²) >= 11 is 0. The first kappa shape index (κ1) is 14.0. The second-order valence-corrected chi connectivity index (χ2v) is 5.06. The first-order valence-corrected chi connectivity index (χ1v) is 6.70. The van der Waals surface area contributed by atoms with E-state index >= 15 is 0 Å². The number of nitrogens with zero attached hydrogens (tertiary/aromatic N) is 3. The van der Waals surface area contributed by atoms with Gasteiger partial charge in [0.2, 0.25) is 0 Å². The molecule has 2 heterocycles. The SMILES string of the molecule is COC(=O)C(c1cnn(C(C)C)c1)N1CCNCC1. The average Bonchev–Trinajstić information content (AvgIpc) is 2.89. The molecule has 1 atom stereocenters. The Labute approximate surface area is 113 Å². The van der Waals surface area contributed by atoms with Crippen LogP contribution >= 0.6 is 0 Å². The molecule has 6 heteroatoms. The third-order valence-corrected chi connectivity index (χ3v) is 3.41. The molecule has 1 aromatic heterocycles. The monoisotopic (exact) mass is 266 g/mol. The van der Waals surface area contributed by atoms with E-state index in [1.807, 2.05) is 10.9 Å². The Bertz CT molecular complexity index is 424. The van der Waals surface area contributed by atoms with Crippen LogP contribution in [0.25, 0.3) is 0 Å². The number of esters is 1. The summed E-state index contributed by atoms with van der Waals surface area (Å²) in [5, 5.41) is 7.60. The molecule has 0 bridgehead atoms. The van der Waals surface area contributed by atoms with Crippen molar-refractivity contribution in [3.63, 3.8) is 0 Å². The molecule has 2 rings (SSSR count). The molecule has 1 unspecified atom stereocenters. The smallest absolute Gasteiger partial charge is 0.327 e. The summed E-state index contributed by atoms with van der Waals surface area (Å²) in [5.41, 5.74) is 0.905. The van der Waals surface area contributed by atoms with E-state index in [9.17, 15) is 4.79 Å². The summed E-state index contributed by atoms with van der Waals surface area (Å²) in [5.74, 6) is -0.217. The summed E-state index contributed by atoms with van der Waals surface area (Å²) in [7, 11) is 1.43. The van der Waals surface area contributed by atoms with Crippen molar-refractivity contribution in [2.45, 2.75) is 25.9 Å². The molecule has 19 heavy (non-hydrogen) atoms. The van der Waals surface area contributed by atoms with Gasteiger partial charge in [0.15, 0.2) is 0 Å². The largest absolute Gasteiger partial charge is 0.468 e. The van der Waals surface area contributed by atoms with Crippen molar-refractivity contribution >= 4 is 5.97 Å². The van der Waals surface area contributed by atoms with Gasteiger partial charge in [-0.25, -0.2) is 4.79 Å². The van der Waals surface area contributed by atoms with Crippen LogP contribution < -0.4 is 5.32 Å². The zero-order chi connectivity index (χ0) is 13.8. The lowest BCUT2D eigenvalue weighted by molar-refractivity contribution is -0.147. The quantitative estimate of drug-likeness (QED) is 0.808. The molecule has 1 fully saturated rings. The highest BCUT2D eigenvalue weighted by atomic mass is 16.5. The van der Waals surface area contributed by atoms with E-state index in [1.54, 1.807) is 6.20 Å². The van der Waals surface area contributed by atoms with E-state index < -0.39 is 0 Å². The summed E-state index contributed by atoms with van der Waals surface area (Å²) < 4.78 is 6.82. The van der Waals surface area contributed by atoms with Gasteiger partial charge in [-0.3, -0.25) is 9.58 Å². The molecule has 1 aliphatic heterocycles. The highest BCUT2D eigenvalue weighted by Gasteiger charge is 2.30. The van der Waals surface area contributed by atoms with Crippen LogP contribution in [0.5, 0.6) is 0 Å². The molecule has 0 saturated carbocycles. The van der Waals surface area contributed by atoms with Crippen molar-refractivity contribution in [1.29, 1.82) is 0 Å². The Balaban J connectivity index is 2.22. The second-order valence-electron chi connectivity index (χ2n) is 5.06. The Morgan fingerprint density at radius 3 is 2.63 bits per heavy atom. The van der Waals surface area contributed by atoms with Gasteiger partial charge in [0.1, 0.15) is 6.04 Å². The molecule has 1 aromatic rings. The third-order valence-electron chi connectivity index (χ3n) is 3.41. The topological polar surface area (TPSA) is 59.4 Å². The number of hydrogen-bond donors (Lipinski definition) is 1. The van der Waals surface area contributed by atoms with Gasteiger partial charge in [-0.15, -0.1) is 0 Å². The molecular weight excluding hydrogens is 244 g/mol. The summed E-state index contributed by atoms with van der Waals surface area (Å²) in [6.45, 7) is 7.60. The number of piperazine rings is 1. The molecule has 6 nitrogen and oxygen atoms in total. The van der Waals surface area contributed by atoms with Crippen molar-refractivity contribution < 1.29 is 9.53 Å². The van der Waals surface area contributed by atoms with Gasteiger partial charge in [-0.05, 0) is 13.8 Å². The van der Waals surface area contributed by atoms with Crippen LogP contribution in [-0.2, 0) is 9.53 Å². The number of aromatic nitrogens is 2. The Morgan fingerprint density at radius 1 is 1.42 bits per heavy atom. The van der Waals surface area contributed by atoms with Crippen LogP contribution in [0, 0.1) is 0 Å². The minimum Gasteiger partial charge on any atom is -0.468 e. The molecule has 0 amide bonds. The molecule has 0 radical (unpaired) electrons. The van der Waals surface area contributed by atoms with Crippen LogP contribution in [0.15, 0.2) is 12.4 Å². The Morgan fingerprint density at radius 2 is 2.11 bits per heavy atom. The van der Waals surface area contributed by atoms with Gasteiger partial charge >= 0.3 is 5.97 Å². The highest BCUT2D eigenvalue weighted by Crippen LogP contribution is 2.23. The minimum atomic E-state index is -0.348. The van der Waals surface area contributed by atoms with E-state index in [0.29, 0.717) is 0 Å². The summed E-state index contributed by atoms with van der Waals surface area (Å²) in [6.07, 6.45) is 3.71. The van der Waals surface area contributed by atoms with E-state index in [-0.39, 0.29) is 18.1 Å². The molecule has 1 aliphatic rings. The molecular formula is C13H22N4O2. The number of hydrogen-bond acceptors (Lipinski definition) is 5. The fourth-order valence-corrected chi connectivity index (χ4v) is 2.32. The second kappa shape index (κ2) is 6.16. The van der Waals surface area contributed by atoms with Gasteiger partial charge < -0.3 is 10.1 Å². The number of nitrogens with one attached hydrogen (secondary N) is 1. The highest BCUT2D eigenvalue weighted by molar-refractivity contribution is 5.77. The van der Waals surface area contributed by atoms with E-state index in [0.717, 1.165) is 31.7 Å². The first-order chi connectivity index (χ1) is 9.13. The molecule has 0 spiro atoms. The zero-order valence-corrected chi connectivity index (χ0v) is 11.8.